The van der Waals surface area contributed by atoms with Crippen molar-refractivity contribution in [2.24, 2.45) is 0 Å². The summed E-state index contributed by atoms with van der Waals surface area (Å²) in [5.74, 6) is 0. The minimum Gasteiger partial charge on any atom is -0.383 e. The average Bonchev–Trinajstić information content (AvgIpc) is 2.15. The molecule has 0 aliphatic carbocycles. The highest BCUT2D eigenvalue weighted by molar-refractivity contribution is 5.55. The molecule has 1 aliphatic heterocycles. The van der Waals surface area contributed by atoms with Crippen LogP contribution in [0.25, 0.3) is 6.08 Å². The van der Waals surface area contributed by atoms with Crippen molar-refractivity contribution in [2.75, 3.05) is 13.1 Å². The molecule has 0 saturated carbocycles. The zero-order chi connectivity index (χ0) is 10.0. The fraction of sp³-hybridized carbons (Fsp3) is 0.333. The maximum absolute atomic E-state index is 10.0. The summed E-state index contributed by atoms with van der Waals surface area (Å²) in [5.41, 5.74) is 1.56. The van der Waals surface area contributed by atoms with Gasteiger partial charge in [0.1, 0.15) is 5.60 Å². The topological polar surface area (TPSA) is 32.3 Å². The minimum atomic E-state index is -0.615. The van der Waals surface area contributed by atoms with Gasteiger partial charge in [-0.2, -0.15) is 0 Å². The Morgan fingerprint density at radius 2 is 2.00 bits per heavy atom. The third-order valence-electron chi connectivity index (χ3n) is 2.75. The standard InChI is InChI=1S/C12H15NO/c1-10(12(14)8-13-9-12)7-11-5-3-2-4-6-11/h2-7,13-14H,8-9H2,1H3/b10-7-. The molecule has 2 N–H and O–H groups in total. The minimum absolute atomic E-state index is 0.615. The molecule has 1 aliphatic rings. The molecule has 1 aromatic rings. The second kappa shape index (κ2) is 3.56. The lowest BCUT2D eigenvalue weighted by Gasteiger charge is -2.38. The normalized spacial score (nSPS) is 20.3. The Labute approximate surface area is 84.3 Å². The number of benzene rings is 1. The highest BCUT2D eigenvalue weighted by Crippen LogP contribution is 2.22. The van der Waals surface area contributed by atoms with Crippen LogP contribution in [0.3, 0.4) is 0 Å². The van der Waals surface area contributed by atoms with Crippen LogP contribution in [0.5, 0.6) is 0 Å². The molecule has 2 nitrogen and oxygen atoms in total. The molecule has 0 atom stereocenters. The van der Waals surface area contributed by atoms with Crippen LogP contribution in [0.2, 0.25) is 0 Å². The molecule has 0 unspecified atom stereocenters. The fourth-order valence-electron chi connectivity index (χ4n) is 1.57. The molecule has 0 radical (unpaired) electrons. The predicted molar refractivity (Wildman–Crippen MR) is 57.9 cm³/mol. The van der Waals surface area contributed by atoms with Crippen molar-refractivity contribution < 1.29 is 5.11 Å². The summed E-state index contributed by atoms with van der Waals surface area (Å²) in [4.78, 5) is 0. The molecule has 2 heteroatoms. The molecular weight excluding hydrogens is 174 g/mol. The highest BCUT2D eigenvalue weighted by atomic mass is 16.3. The first-order chi connectivity index (χ1) is 6.71. The van der Waals surface area contributed by atoms with E-state index >= 15 is 0 Å². The largest absolute Gasteiger partial charge is 0.383 e. The van der Waals surface area contributed by atoms with Crippen molar-refractivity contribution in [3.63, 3.8) is 0 Å². The zero-order valence-electron chi connectivity index (χ0n) is 8.33. The van der Waals surface area contributed by atoms with Crippen LogP contribution in [-0.4, -0.2) is 23.8 Å². The van der Waals surface area contributed by atoms with E-state index in [1.165, 1.54) is 0 Å². The number of hydrogen-bond acceptors (Lipinski definition) is 2. The van der Waals surface area contributed by atoms with Crippen molar-refractivity contribution in [3.8, 4) is 0 Å². The number of rotatable bonds is 2. The van der Waals surface area contributed by atoms with E-state index in [9.17, 15) is 5.11 Å². The van der Waals surface area contributed by atoms with E-state index in [2.05, 4.69) is 5.32 Å². The van der Waals surface area contributed by atoms with Gasteiger partial charge in [0.25, 0.3) is 0 Å². The van der Waals surface area contributed by atoms with Crippen LogP contribution in [0.4, 0.5) is 0 Å². The van der Waals surface area contributed by atoms with Crippen molar-refractivity contribution in [1.82, 2.24) is 5.32 Å². The Kier molecular flexibility index (Phi) is 2.40. The van der Waals surface area contributed by atoms with Gasteiger partial charge in [0.05, 0.1) is 0 Å². The summed E-state index contributed by atoms with van der Waals surface area (Å²) in [5, 5.41) is 13.1. The first kappa shape index (κ1) is 9.44. The highest BCUT2D eigenvalue weighted by Gasteiger charge is 2.35. The average molecular weight is 189 g/mol. The molecule has 0 aromatic heterocycles. The van der Waals surface area contributed by atoms with Crippen LogP contribution >= 0.6 is 0 Å². The van der Waals surface area contributed by atoms with Gasteiger partial charge in [-0.05, 0) is 18.1 Å². The van der Waals surface area contributed by atoms with E-state index in [1.54, 1.807) is 0 Å². The molecule has 1 aromatic carbocycles. The van der Waals surface area contributed by atoms with Gasteiger partial charge in [0.15, 0.2) is 0 Å². The first-order valence-corrected chi connectivity index (χ1v) is 4.88. The molecule has 0 amide bonds. The quantitative estimate of drug-likeness (QED) is 0.737. The third kappa shape index (κ3) is 1.72. The Morgan fingerprint density at radius 3 is 2.50 bits per heavy atom. The van der Waals surface area contributed by atoms with Crippen LogP contribution < -0.4 is 5.32 Å². The Balaban J connectivity index is 2.18. The SMILES string of the molecule is C/C(=C/c1ccccc1)C1(O)CNC1. The summed E-state index contributed by atoms with van der Waals surface area (Å²) in [6.45, 7) is 3.32. The molecule has 1 heterocycles. The Bertz CT molecular complexity index is 339. The molecular formula is C12H15NO. The molecule has 0 spiro atoms. The van der Waals surface area contributed by atoms with Crippen LogP contribution in [0.15, 0.2) is 35.9 Å². The molecule has 0 bridgehead atoms. The van der Waals surface area contributed by atoms with Gasteiger partial charge >= 0.3 is 0 Å². The van der Waals surface area contributed by atoms with Crippen molar-refractivity contribution in [2.45, 2.75) is 12.5 Å². The predicted octanol–water partition coefficient (Wildman–Crippen LogP) is 1.42. The first-order valence-electron chi connectivity index (χ1n) is 4.88. The maximum atomic E-state index is 10.0. The molecule has 14 heavy (non-hydrogen) atoms. The summed E-state index contributed by atoms with van der Waals surface area (Å²) < 4.78 is 0. The zero-order valence-corrected chi connectivity index (χ0v) is 8.33. The lowest BCUT2D eigenvalue weighted by atomic mass is 9.88. The van der Waals surface area contributed by atoms with E-state index in [0.717, 1.165) is 11.1 Å². The summed E-state index contributed by atoms with van der Waals surface area (Å²) >= 11 is 0. The second-order valence-electron chi connectivity index (χ2n) is 3.87. The van der Waals surface area contributed by atoms with Gasteiger partial charge in [-0.3, -0.25) is 0 Å². The number of nitrogens with one attached hydrogen (secondary N) is 1. The lowest BCUT2D eigenvalue weighted by Crippen LogP contribution is -2.60. The number of hydrogen-bond donors (Lipinski definition) is 2. The van der Waals surface area contributed by atoms with Crippen LogP contribution in [-0.2, 0) is 0 Å². The monoisotopic (exact) mass is 189 g/mol. The van der Waals surface area contributed by atoms with Crippen molar-refractivity contribution in [1.29, 1.82) is 0 Å². The lowest BCUT2D eigenvalue weighted by molar-refractivity contribution is 0.0270. The summed E-state index contributed by atoms with van der Waals surface area (Å²) in [6.07, 6.45) is 2.04. The number of aliphatic hydroxyl groups is 1. The third-order valence-corrected chi connectivity index (χ3v) is 2.75. The van der Waals surface area contributed by atoms with Gasteiger partial charge < -0.3 is 10.4 Å². The van der Waals surface area contributed by atoms with E-state index in [0.29, 0.717) is 13.1 Å². The van der Waals surface area contributed by atoms with Gasteiger partial charge in [-0.1, -0.05) is 36.4 Å². The maximum Gasteiger partial charge on any atom is 0.110 e. The number of β-amino-alcohol motifs (C(OH)–C–C–N with tert-alkyl or cyclic N) is 1. The smallest absolute Gasteiger partial charge is 0.110 e. The van der Waals surface area contributed by atoms with E-state index < -0.39 is 5.60 Å². The van der Waals surface area contributed by atoms with Crippen molar-refractivity contribution in [3.05, 3.63) is 41.5 Å². The molecule has 2 rings (SSSR count). The van der Waals surface area contributed by atoms with Gasteiger partial charge in [0, 0.05) is 13.1 Å². The van der Waals surface area contributed by atoms with Gasteiger partial charge in [-0.15, -0.1) is 0 Å². The van der Waals surface area contributed by atoms with E-state index in [-0.39, 0.29) is 0 Å². The van der Waals surface area contributed by atoms with E-state index in [4.69, 9.17) is 0 Å². The van der Waals surface area contributed by atoms with Gasteiger partial charge in [-0.25, -0.2) is 0 Å². The second-order valence-corrected chi connectivity index (χ2v) is 3.87. The molecule has 74 valence electrons. The van der Waals surface area contributed by atoms with Crippen LogP contribution in [0.1, 0.15) is 12.5 Å². The summed E-state index contributed by atoms with van der Waals surface area (Å²) in [7, 11) is 0. The van der Waals surface area contributed by atoms with E-state index in [1.807, 2.05) is 43.3 Å². The fourth-order valence-corrected chi connectivity index (χ4v) is 1.57. The van der Waals surface area contributed by atoms with Gasteiger partial charge in [0.2, 0.25) is 0 Å². The van der Waals surface area contributed by atoms with Crippen molar-refractivity contribution >= 4 is 6.08 Å². The van der Waals surface area contributed by atoms with Crippen LogP contribution in [0, 0.1) is 0 Å². The molecule has 1 saturated heterocycles. The Hall–Kier alpha value is -1.12. The molecule has 1 fully saturated rings. The summed E-state index contributed by atoms with van der Waals surface area (Å²) in [6, 6.07) is 10.1. The Morgan fingerprint density at radius 1 is 1.36 bits per heavy atom.